The molecule has 0 fully saturated rings. The van der Waals surface area contributed by atoms with Gasteiger partial charge in [0.1, 0.15) is 23.2 Å². The number of para-hydroxylation sites is 2. The summed E-state index contributed by atoms with van der Waals surface area (Å²) in [6.45, 7) is 0. The first-order chi connectivity index (χ1) is 21.7. The van der Waals surface area contributed by atoms with Crippen LogP contribution in [0.25, 0.3) is 11.1 Å². The molecule has 2 aliphatic rings. The third-order valence-corrected chi connectivity index (χ3v) is 8.18. The second kappa shape index (κ2) is 11.9. The van der Waals surface area contributed by atoms with Gasteiger partial charge in [0.25, 0.3) is 0 Å². The highest BCUT2D eigenvalue weighted by Crippen LogP contribution is 2.52. The van der Waals surface area contributed by atoms with Crippen molar-refractivity contribution < 1.29 is 32.5 Å². The zero-order valence-corrected chi connectivity index (χ0v) is 24.7. The van der Waals surface area contributed by atoms with E-state index >= 15 is 0 Å². The Labute approximate surface area is 258 Å². The van der Waals surface area contributed by atoms with Gasteiger partial charge in [-0.05, 0) is 59.2 Å². The Morgan fingerprint density at radius 3 is 2.09 bits per heavy atom. The molecule has 0 amide bonds. The van der Waals surface area contributed by atoms with Crippen LogP contribution in [0.4, 0.5) is 35.9 Å². The Morgan fingerprint density at radius 2 is 1.47 bits per heavy atom. The number of nitrogens with one attached hydrogen (secondary N) is 1. The van der Waals surface area contributed by atoms with Crippen molar-refractivity contribution in [3.8, 4) is 22.6 Å². The van der Waals surface area contributed by atoms with Gasteiger partial charge in [-0.2, -0.15) is 0 Å². The van der Waals surface area contributed by atoms with Gasteiger partial charge in [-0.3, -0.25) is 4.79 Å². The number of hydrogen-bond donors (Lipinski definition) is 2. The third kappa shape index (κ3) is 5.20. The standard InChI is InChI=1S/C23H18F3NO4.C13H11N/c1-27-16-9-6-13(18-14(24)7-8-15(25)21(18)26)22(31-3)20(16)19(23(28)29)12-5-4-11(30-2)10-17(12)27;1-3-7-12-10(5-1)9-11-6-2-4-8-13(11)14-12/h4-10,19H,1-3H3,(H,28,29);1-8,14H,9H2. The summed E-state index contributed by atoms with van der Waals surface area (Å²) in [6.07, 6.45) is 1.04. The molecule has 0 spiro atoms. The van der Waals surface area contributed by atoms with Crippen molar-refractivity contribution in [3.05, 3.63) is 131 Å². The summed E-state index contributed by atoms with van der Waals surface area (Å²) < 4.78 is 53.6. The van der Waals surface area contributed by atoms with Crippen LogP contribution in [-0.2, 0) is 11.2 Å². The molecule has 228 valence electrons. The number of methoxy groups -OCH3 is 2. The van der Waals surface area contributed by atoms with E-state index in [0.717, 1.165) is 12.5 Å². The number of rotatable bonds is 4. The lowest BCUT2D eigenvalue weighted by molar-refractivity contribution is -0.137. The van der Waals surface area contributed by atoms with Crippen molar-refractivity contribution in [2.24, 2.45) is 0 Å². The molecule has 2 heterocycles. The van der Waals surface area contributed by atoms with Crippen molar-refractivity contribution in [2.45, 2.75) is 12.3 Å². The summed E-state index contributed by atoms with van der Waals surface area (Å²) >= 11 is 0. The summed E-state index contributed by atoms with van der Waals surface area (Å²) in [6, 6.07) is 26.3. The van der Waals surface area contributed by atoms with Crippen LogP contribution in [0.1, 0.15) is 28.2 Å². The molecule has 1 unspecified atom stereocenters. The van der Waals surface area contributed by atoms with E-state index in [4.69, 9.17) is 9.47 Å². The monoisotopic (exact) mass is 610 g/mol. The van der Waals surface area contributed by atoms with Crippen molar-refractivity contribution in [2.75, 3.05) is 31.5 Å². The molecule has 9 heteroatoms. The molecule has 0 aliphatic carbocycles. The first-order valence-corrected chi connectivity index (χ1v) is 14.2. The molecule has 0 radical (unpaired) electrons. The number of fused-ring (bicyclic) bond motifs is 4. The van der Waals surface area contributed by atoms with Crippen molar-refractivity contribution >= 4 is 28.7 Å². The van der Waals surface area contributed by atoms with Crippen LogP contribution in [-0.4, -0.2) is 32.3 Å². The lowest BCUT2D eigenvalue weighted by Crippen LogP contribution is -2.26. The minimum atomic E-state index is -1.38. The minimum Gasteiger partial charge on any atom is -0.497 e. The number of halogens is 3. The highest BCUT2D eigenvalue weighted by Gasteiger charge is 2.38. The van der Waals surface area contributed by atoms with E-state index in [0.29, 0.717) is 28.8 Å². The third-order valence-electron chi connectivity index (χ3n) is 8.18. The lowest BCUT2D eigenvalue weighted by atomic mass is 9.82. The van der Waals surface area contributed by atoms with E-state index in [1.165, 1.54) is 48.9 Å². The molecule has 2 aliphatic heterocycles. The van der Waals surface area contributed by atoms with Crippen molar-refractivity contribution in [3.63, 3.8) is 0 Å². The predicted octanol–water partition coefficient (Wildman–Crippen LogP) is 8.42. The molecular weight excluding hydrogens is 581 g/mol. The molecule has 45 heavy (non-hydrogen) atoms. The number of hydrogen-bond acceptors (Lipinski definition) is 5. The number of carboxylic acid groups (broad SMARTS) is 1. The number of benzene rings is 5. The minimum absolute atomic E-state index is 0.0402. The highest BCUT2D eigenvalue weighted by molar-refractivity contribution is 5.94. The molecule has 6 nitrogen and oxygen atoms in total. The largest absolute Gasteiger partial charge is 0.497 e. The summed E-state index contributed by atoms with van der Waals surface area (Å²) in [7, 11) is 4.51. The van der Waals surface area contributed by atoms with Gasteiger partial charge in [0.2, 0.25) is 0 Å². The van der Waals surface area contributed by atoms with Crippen molar-refractivity contribution in [1.82, 2.24) is 0 Å². The maximum atomic E-state index is 14.5. The van der Waals surface area contributed by atoms with E-state index < -0.39 is 34.9 Å². The number of aliphatic carboxylic acids is 1. The molecule has 0 aromatic heterocycles. The molecule has 0 saturated carbocycles. The summed E-state index contributed by atoms with van der Waals surface area (Å²) in [4.78, 5) is 14.1. The summed E-state index contributed by atoms with van der Waals surface area (Å²) in [5, 5.41) is 13.5. The first-order valence-electron chi connectivity index (χ1n) is 14.2. The van der Waals surface area contributed by atoms with Gasteiger partial charge in [-0.1, -0.05) is 42.5 Å². The summed E-state index contributed by atoms with van der Waals surface area (Å²) in [5.41, 5.74) is 6.31. The van der Waals surface area contributed by atoms with E-state index in [1.807, 2.05) is 0 Å². The fraction of sp³-hybridized carbons (Fsp3) is 0.139. The van der Waals surface area contributed by atoms with Gasteiger partial charge in [0, 0.05) is 53.4 Å². The average molecular weight is 611 g/mol. The van der Waals surface area contributed by atoms with Crippen LogP contribution in [0.5, 0.6) is 11.5 Å². The maximum Gasteiger partial charge on any atom is 0.315 e. The topological polar surface area (TPSA) is 71.0 Å². The van der Waals surface area contributed by atoms with Gasteiger partial charge in [0.05, 0.1) is 19.8 Å². The number of anilines is 4. The maximum absolute atomic E-state index is 14.5. The Hall–Kier alpha value is -5.44. The van der Waals surface area contributed by atoms with Crippen LogP contribution in [0, 0.1) is 17.5 Å². The quantitative estimate of drug-likeness (QED) is 0.195. The predicted molar refractivity (Wildman–Crippen MR) is 168 cm³/mol. The number of carbonyl (C=O) groups is 1. The van der Waals surface area contributed by atoms with Crippen molar-refractivity contribution in [1.29, 1.82) is 0 Å². The highest BCUT2D eigenvalue weighted by atomic mass is 19.2. The van der Waals surface area contributed by atoms with Gasteiger partial charge >= 0.3 is 5.97 Å². The SMILES string of the molecule is COc1ccc2c(c1)N(C)c1ccc(-c3c(F)ccc(F)c3F)c(OC)c1C2C(=O)O.c1ccc2c(c1)Cc1ccccc1N2. The Morgan fingerprint density at radius 1 is 0.822 bits per heavy atom. The second-order valence-corrected chi connectivity index (χ2v) is 10.7. The van der Waals surface area contributed by atoms with E-state index in [1.54, 1.807) is 30.1 Å². The molecule has 5 aromatic carbocycles. The first kappa shape index (κ1) is 29.6. The van der Waals surface area contributed by atoms with Gasteiger partial charge in [-0.25, -0.2) is 13.2 Å². The van der Waals surface area contributed by atoms with E-state index in [9.17, 15) is 23.1 Å². The van der Waals surface area contributed by atoms with Gasteiger partial charge < -0.3 is 24.8 Å². The fourth-order valence-electron chi connectivity index (χ4n) is 6.02. The van der Waals surface area contributed by atoms with Gasteiger partial charge in [-0.15, -0.1) is 0 Å². The molecule has 7 rings (SSSR count). The number of carboxylic acids is 1. The zero-order chi connectivity index (χ0) is 31.8. The van der Waals surface area contributed by atoms with Crippen LogP contribution in [0.15, 0.2) is 91.0 Å². The van der Waals surface area contributed by atoms with Crippen LogP contribution >= 0.6 is 0 Å². The zero-order valence-electron chi connectivity index (χ0n) is 24.7. The Balaban J connectivity index is 0.000000210. The fourth-order valence-corrected chi connectivity index (χ4v) is 6.02. The Bertz CT molecular complexity index is 1860. The molecular formula is C36H29F3N2O4. The normalized spacial score (nSPS) is 14.0. The van der Waals surface area contributed by atoms with E-state index in [2.05, 4.69) is 53.8 Å². The molecule has 2 N–H and O–H groups in total. The average Bonchev–Trinajstić information content (AvgIpc) is 3.05. The molecule has 1 atom stereocenters. The second-order valence-electron chi connectivity index (χ2n) is 10.7. The van der Waals surface area contributed by atoms with E-state index in [-0.39, 0.29) is 16.9 Å². The molecule has 5 aromatic rings. The number of nitrogens with zero attached hydrogens (tertiary/aromatic N) is 1. The lowest BCUT2D eigenvalue weighted by Gasteiger charge is -2.35. The van der Waals surface area contributed by atoms with Crippen LogP contribution in [0.3, 0.4) is 0 Å². The van der Waals surface area contributed by atoms with Gasteiger partial charge in [0.15, 0.2) is 11.6 Å². The molecule has 0 saturated heterocycles. The van der Waals surface area contributed by atoms with Crippen LogP contribution in [0.2, 0.25) is 0 Å². The Kier molecular flexibility index (Phi) is 7.85. The van der Waals surface area contributed by atoms with Crippen LogP contribution < -0.4 is 19.7 Å². The molecule has 0 bridgehead atoms. The summed E-state index contributed by atoms with van der Waals surface area (Å²) in [5.74, 6) is -5.43. The number of ether oxygens (including phenoxy) is 2. The smallest absolute Gasteiger partial charge is 0.315 e.